The normalized spacial score (nSPS) is 26.8. The zero-order valence-corrected chi connectivity index (χ0v) is 10.1. The molecule has 15 heavy (non-hydrogen) atoms. The minimum Gasteiger partial charge on any atom is -0.382 e. The van der Waals surface area contributed by atoms with Gasteiger partial charge in [-0.3, -0.25) is 0 Å². The molecule has 3 heteroatoms. The maximum Gasteiger partial charge on any atom is 0.0576 e. The topological polar surface area (TPSA) is 30.5 Å². The smallest absolute Gasteiger partial charge is 0.0576 e. The van der Waals surface area contributed by atoms with Crippen molar-refractivity contribution in [3.63, 3.8) is 0 Å². The summed E-state index contributed by atoms with van der Waals surface area (Å²) in [5.41, 5.74) is 0. The van der Waals surface area contributed by atoms with Gasteiger partial charge < -0.3 is 14.8 Å². The summed E-state index contributed by atoms with van der Waals surface area (Å²) >= 11 is 0. The molecule has 0 bridgehead atoms. The van der Waals surface area contributed by atoms with Gasteiger partial charge in [-0.15, -0.1) is 0 Å². The van der Waals surface area contributed by atoms with Crippen LogP contribution < -0.4 is 5.32 Å². The van der Waals surface area contributed by atoms with Crippen molar-refractivity contribution in [1.82, 2.24) is 5.32 Å². The fraction of sp³-hybridized carbons (Fsp3) is 1.00. The zero-order valence-electron chi connectivity index (χ0n) is 10.1. The monoisotopic (exact) mass is 215 g/mol. The van der Waals surface area contributed by atoms with Gasteiger partial charge in [-0.05, 0) is 46.1 Å². The lowest BCUT2D eigenvalue weighted by molar-refractivity contribution is 0.0107. The standard InChI is InChI=1S/C12H25NO2/c1-3-14-9-4-10-15-12-7-5-11(13-2)6-8-12/h11-13H,3-10H2,1-2H3. The first-order chi connectivity index (χ1) is 7.36. The third kappa shape index (κ3) is 5.50. The summed E-state index contributed by atoms with van der Waals surface area (Å²) in [4.78, 5) is 0. The van der Waals surface area contributed by atoms with Gasteiger partial charge in [0.1, 0.15) is 0 Å². The van der Waals surface area contributed by atoms with Crippen LogP contribution in [0.15, 0.2) is 0 Å². The van der Waals surface area contributed by atoms with E-state index < -0.39 is 0 Å². The third-order valence-corrected chi connectivity index (χ3v) is 3.07. The molecule has 1 fully saturated rings. The molecular weight excluding hydrogens is 190 g/mol. The second-order valence-corrected chi connectivity index (χ2v) is 4.18. The largest absolute Gasteiger partial charge is 0.382 e. The summed E-state index contributed by atoms with van der Waals surface area (Å²) in [6, 6.07) is 0.716. The highest BCUT2D eigenvalue weighted by Gasteiger charge is 2.19. The third-order valence-electron chi connectivity index (χ3n) is 3.07. The molecule has 0 aliphatic heterocycles. The number of hydrogen-bond donors (Lipinski definition) is 1. The summed E-state index contributed by atoms with van der Waals surface area (Å²) < 4.78 is 11.1. The molecule has 0 aromatic carbocycles. The van der Waals surface area contributed by atoms with E-state index in [-0.39, 0.29) is 0 Å². The van der Waals surface area contributed by atoms with E-state index in [0.29, 0.717) is 12.1 Å². The van der Waals surface area contributed by atoms with E-state index in [4.69, 9.17) is 9.47 Å². The molecule has 0 aromatic heterocycles. The average molecular weight is 215 g/mol. The van der Waals surface area contributed by atoms with Crippen molar-refractivity contribution in [2.24, 2.45) is 0 Å². The lowest BCUT2D eigenvalue weighted by Crippen LogP contribution is -2.33. The summed E-state index contributed by atoms with van der Waals surface area (Å²) in [6.45, 7) is 4.53. The van der Waals surface area contributed by atoms with Crippen LogP contribution >= 0.6 is 0 Å². The van der Waals surface area contributed by atoms with Crippen LogP contribution in [-0.4, -0.2) is 39.0 Å². The van der Waals surface area contributed by atoms with E-state index in [0.717, 1.165) is 26.2 Å². The Bertz CT molecular complexity index is 145. The molecule has 0 atom stereocenters. The second kappa shape index (κ2) is 8.08. The minimum absolute atomic E-state index is 0.497. The van der Waals surface area contributed by atoms with Crippen LogP contribution in [0.5, 0.6) is 0 Å². The fourth-order valence-corrected chi connectivity index (χ4v) is 2.07. The number of rotatable bonds is 7. The number of nitrogens with one attached hydrogen (secondary N) is 1. The molecule has 0 heterocycles. The maximum atomic E-state index is 5.81. The molecular formula is C12H25NO2. The van der Waals surface area contributed by atoms with Gasteiger partial charge in [-0.25, -0.2) is 0 Å². The molecule has 0 spiro atoms. The Kier molecular flexibility index (Phi) is 6.98. The lowest BCUT2D eigenvalue weighted by Gasteiger charge is -2.28. The van der Waals surface area contributed by atoms with Crippen molar-refractivity contribution in [3.8, 4) is 0 Å². The van der Waals surface area contributed by atoms with Gasteiger partial charge >= 0.3 is 0 Å². The highest BCUT2D eigenvalue weighted by atomic mass is 16.5. The first-order valence-electron chi connectivity index (χ1n) is 6.23. The van der Waals surface area contributed by atoms with E-state index in [1.54, 1.807) is 0 Å². The van der Waals surface area contributed by atoms with Crippen LogP contribution in [0.3, 0.4) is 0 Å². The predicted octanol–water partition coefficient (Wildman–Crippen LogP) is 1.96. The van der Waals surface area contributed by atoms with Gasteiger partial charge in [0.25, 0.3) is 0 Å². The zero-order chi connectivity index (χ0) is 10.9. The molecule has 1 aliphatic rings. The molecule has 0 unspecified atom stereocenters. The Morgan fingerprint density at radius 3 is 2.47 bits per heavy atom. The Morgan fingerprint density at radius 2 is 1.87 bits per heavy atom. The Balaban J connectivity index is 1.94. The first kappa shape index (κ1) is 12.9. The van der Waals surface area contributed by atoms with Crippen molar-refractivity contribution in [3.05, 3.63) is 0 Å². The first-order valence-corrected chi connectivity index (χ1v) is 6.23. The minimum atomic E-state index is 0.497. The van der Waals surface area contributed by atoms with Gasteiger partial charge in [0.2, 0.25) is 0 Å². The van der Waals surface area contributed by atoms with Gasteiger partial charge in [0.05, 0.1) is 6.10 Å². The molecule has 0 saturated heterocycles. The summed E-state index contributed by atoms with van der Waals surface area (Å²) in [5, 5.41) is 3.33. The van der Waals surface area contributed by atoms with E-state index in [2.05, 4.69) is 5.32 Å². The van der Waals surface area contributed by atoms with Gasteiger partial charge in [-0.1, -0.05) is 0 Å². The SMILES string of the molecule is CCOCCCOC1CCC(NC)CC1. The van der Waals surface area contributed by atoms with Crippen LogP contribution in [0.2, 0.25) is 0 Å². The summed E-state index contributed by atoms with van der Waals surface area (Å²) in [6.07, 6.45) is 6.45. The van der Waals surface area contributed by atoms with Crippen molar-refractivity contribution in [1.29, 1.82) is 0 Å². The molecule has 90 valence electrons. The quantitative estimate of drug-likeness (QED) is 0.659. The van der Waals surface area contributed by atoms with E-state index in [9.17, 15) is 0 Å². The van der Waals surface area contributed by atoms with Gasteiger partial charge in [0.15, 0.2) is 0 Å². The van der Waals surface area contributed by atoms with Crippen LogP contribution in [0, 0.1) is 0 Å². The van der Waals surface area contributed by atoms with Crippen molar-refractivity contribution in [2.75, 3.05) is 26.9 Å². The van der Waals surface area contributed by atoms with E-state index in [1.807, 2.05) is 14.0 Å². The molecule has 1 saturated carbocycles. The Labute approximate surface area is 93.5 Å². The second-order valence-electron chi connectivity index (χ2n) is 4.18. The lowest BCUT2D eigenvalue weighted by atomic mass is 9.93. The molecule has 0 radical (unpaired) electrons. The average Bonchev–Trinajstić information content (AvgIpc) is 2.30. The molecule has 1 N–H and O–H groups in total. The van der Waals surface area contributed by atoms with E-state index >= 15 is 0 Å². The molecule has 0 amide bonds. The molecule has 1 aliphatic carbocycles. The fourth-order valence-electron chi connectivity index (χ4n) is 2.07. The molecule has 3 nitrogen and oxygen atoms in total. The number of ether oxygens (including phenoxy) is 2. The van der Waals surface area contributed by atoms with Crippen molar-refractivity contribution < 1.29 is 9.47 Å². The van der Waals surface area contributed by atoms with Gasteiger partial charge in [0, 0.05) is 25.9 Å². The Morgan fingerprint density at radius 1 is 1.13 bits per heavy atom. The predicted molar refractivity (Wildman–Crippen MR) is 62.2 cm³/mol. The van der Waals surface area contributed by atoms with E-state index in [1.165, 1.54) is 25.7 Å². The van der Waals surface area contributed by atoms with Gasteiger partial charge in [-0.2, -0.15) is 0 Å². The highest BCUT2D eigenvalue weighted by molar-refractivity contribution is 4.76. The van der Waals surface area contributed by atoms with Crippen LogP contribution in [0.1, 0.15) is 39.0 Å². The number of hydrogen-bond acceptors (Lipinski definition) is 3. The highest BCUT2D eigenvalue weighted by Crippen LogP contribution is 2.20. The van der Waals surface area contributed by atoms with Crippen LogP contribution in [0.4, 0.5) is 0 Å². The summed E-state index contributed by atoms with van der Waals surface area (Å²) in [7, 11) is 2.05. The molecule has 1 rings (SSSR count). The summed E-state index contributed by atoms with van der Waals surface area (Å²) in [5.74, 6) is 0. The Hall–Kier alpha value is -0.120. The maximum absolute atomic E-state index is 5.81. The van der Waals surface area contributed by atoms with Crippen molar-refractivity contribution in [2.45, 2.75) is 51.2 Å². The van der Waals surface area contributed by atoms with Crippen LogP contribution in [-0.2, 0) is 9.47 Å². The van der Waals surface area contributed by atoms with Crippen molar-refractivity contribution >= 4 is 0 Å². The van der Waals surface area contributed by atoms with Crippen LogP contribution in [0.25, 0.3) is 0 Å². The molecule has 0 aromatic rings.